The van der Waals surface area contributed by atoms with Gasteiger partial charge < -0.3 is 10.1 Å². The summed E-state index contributed by atoms with van der Waals surface area (Å²) in [4.78, 5) is 21.3. The standard InChI is InChI=1S/C14H16N4O2/c1-9-17-12-5-6-15-8-11(12)14(19)18(9)10-3-4-13(20-2)16-7-10/h3-4,7,15H,5-6,8H2,1-2H3. The molecule has 3 rings (SSSR count). The van der Waals surface area contributed by atoms with Crippen molar-refractivity contribution in [2.75, 3.05) is 13.7 Å². The molecule has 3 heterocycles. The number of hydrogen-bond acceptors (Lipinski definition) is 5. The third-order valence-electron chi connectivity index (χ3n) is 3.46. The van der Waals surface area contributed by atoms with Gasteiger partial charge in [-0.1, -0.05) is 0 Å². The molecule has 2 aromatic heterocycles. The predicted octanol–water partition coefficient (Wildman–Crippen LogP) is 0.590. The van der Waals surface area contributed by atoms with Crippen LogP contribution in [0.2, 0.25) is 0 Å². The Morgan fingerprint density at radius 3 is 2.95 bits per heavy atom. The van der Waals surface area contributed by atoms with E-state index in [-0.39, 0.29) is 5.56 Å². The number of nitrogens with one attached hydrogen (secondary N) is 1. The first kappa shape index (κ1) is 12.8. The van der Waals surface area contributed by atoms with E-state index in [2.05, 4.69) is 15.3 Å². The molecule has 2 aromatic rings. The maximum absolute atomic E-state index is 12.6. The highest BCUT2D eigenvalue weighted by Gasteiger charge is 2.18. The van der Waals surface area contributed by atoms with Gasteiger partial charge in [0.25, 0.3) is 5.56 Å². The molecule has 0 radical (unpaired) electrons. The molecule has 0 unspecified atom stereocenters. The molecule has 0 bridgehead atoms. The lowest BCUT2D eigenvalue weighted by atomic mass is 10.1. The van der Waals surface area contributed by atoms with Gasteiger partial charge in [0.2, 0.25) is 5.88 Å². The van der Waals surface area contributed by atoms with E-state index in [4.69, 9.17) is 4.74 Å². The van der Waals surface area contributed by atoms with Crippen LogP contribution in [0.3, 0.4) is 0 Å². The smallest absolute Gasteiger partial charge is 0.262 e. The van der Waals surface area contributed by atoms with Crippen LogP contribution in [-0.2, 0) is 13.0 Å². The van der Waals surface area contributed by atoms with Crippen molar-refractivity contribution in [3.63, 3.8) is 0 Å². The lowest BCUT2D eigenvalue weighted by Crippen LogP contribution is -2.35. The van der Waals surface area contributed by atoms with Crippen LogP contribution in [0.5, 0.6) is 5.88 Å². The minimum absolute atomic E-state index is 0.0216. The van der Waals surface area contributed by atoms with Crippen LogP contribution in [0.1, 0.15) is 17.1 Å². The Morgan fingerprint density at radius 2 is 2.25 bits per heavy atom. The maximum Gasteiger partial charge on any atom is 0.262 e. The summed E-state index contributed by atoms with van der Waals surface area (Å²) in [6.07, 6.45) is 2.42. The lowest BCUT2D eigenvalue weighted by molar-refractivity contribution is 0.397. The van der Waals surface area contributed by atoms with E-state index in [1.807, 2.05) is 13.0 Å². The Balaban J connectivity index is 2.15. The van der Waals surface area contributed by atoms with Gasteiger partial charge in [-0.15, -0.1) is 0 Å². The second kappa shape index (κ2) is 5.05. The zero-order chi connectivity index (χ0) is 14.1. The van der Waals surface area contributed by atoms with Crippen molar-refractivity contribution in [1.29, 1.82) is 0 Å². The van der Waals surface area contributed by atoms with E-state index >= 15 is 0 Å². The van der Waals surface area contributed by atoms with Gasteiger partial charge in [-0.25, -0.2) is 9.97 Å². The Hall–Kier alpha value is -2.21. The monoisotopic (exact) mass is 272 g/mol. The first-order chi connectivity index (χ1) is 9.70. The van der Waals surface area contributed by atoms with Gasteiger partial charge in [0.15, 0.2) is 0 Å². The number of ether oxygens (including phenoxy) is 1. The lowest BCUT2D eigenvalue weighted by Gasteiger charge is -2.19. The van der Waals surface area contributed by atoms with E-state index in [1.54, 1.807) is 23.9 Å². The number of nitrogens with zero attached hydrogens (tertiary/aromatic N) is 3. The number of rotatable bonds is 2. The normalized spacial score (nSPS) is 13.9. The summed E-state index contributed by atoms with van der Waals surface area (Å²) in [5, 5.41) is 3.21. The summed E-state index contributed by atoms with van der Waals surface area (Å²) in [5.41, 5.74) is 2.34. The SMILES string of the molecule is COc1ccc(-n2c(C)nc3c(c2=O)CNCC3)cn1. The topological polar surface area (TPSA) is 69.0 Å². The molecule has 0 spiro atoms. The molecule has 0 fully saturated rings. The third-order valence-corrected chi connectivity index (χ3v) is 3.46. The summed E-state index contributed by atoms with van der Waals surface area (Å²) in [6, 6.07) is 3.55. The summed E-state index contributed by atoms with van der Waals surface area (Å²) in [6.45, 7) is 3.28. The molecule has 1 aliphatic rings. The molecule has 0 saturated carbocycles. The van der Waals surface area contributed by atoms with Crippen LogP contribution in [0.4, 0.5) is 0 Å². The molecule has 0 atom stereocenters. The van der Waals surface area contributed by atoms with Crippen LogP contribution in [0.25, 0.3) is 5.69 Å². The first-order valence-electron chi connectivity index (χ1n) is 6.53. The molecule has 0 amide bonds. The molecular weight excluding hydrogens is 256 g/mol. The highest BCUT2D eigenvalue weighted by molar-refractivity contribution is 5.35. The third kappa shape index (κ3) is 2.08. The molecule has 6 nitrogen and oxygen atoms in total. The fourth-order valence-electron chi connectivity index (χ4n) is 2.45. The Morgan fingerprint density at radius 1 is 1.40 bits per heavy atom. The molecule has 0 aliphatic carbocycles. The number of hydrogen-bond donors (Lipinski definition) is 1. The van der Waals surface area contributed by atoms with Crippen molar-refractivity contribution in [3.8, 4) is 11.6 Å². The summed E-state index contributed by atoms with van der Waals surface area (Å²) < 4.78 is 6.63. The van der Waals surface area contributed by atoms with Gasteiger partial charge in [-0.05, 0) is 13.0 Å². The van der Waals surface area contributed by atoms with Gasteiger partial charge in [-0.3, -0.25) is 9.36 Å². The van der Waals surface area contributed by atoms with Gasteiger partial charge in [0.05, 0.1) is 30.3 Å². The van der Waals surface area contributed by atoms with Crippen molar-refractivity contribution in [2.24, 2.45) is 0 Å². The Labute approximate surface area is 116 Å². The van der Waals surface area contributed by atoms with Crippen molar-refractivity contribution in [1.82, 2.24) is 19.9 Å². The van der Waals surface area contributed by atoms with Crippen LogP contribution in [0, 0.1) is 6.92 Å². The first-order valence-corrected chi connectivity index (χ1v) is 6.53. The minimum atomic E-state index is -0.0216. The second-order valence-electron chi connectivity index (χ2n) is 4.71. The van der Waals surface area contributed by atoms with E-state index in [0.717, 1.165) is 24.2 Å². The van der Waals surface area contributed by atoms with Gasteiger partial charge >= 0.3 is 0 Å². The molecule has 1 aliphatic heterocycles. The van der Waals surface area contributed by atoms with Crippen molar-refractivity contribution >= 4 is 0 Å². The Kier molecular flexibility index (Phi) is 3.23. The van der Waals surface area contributed by atoms with E-state index < -0.39 is 0 Å². The molecule has 6 heteroatoms. The number of aryl methyl sites for hydroxylation is 1. The molecule has 20 heavy (non-hydrogen) atoms. The molecular formula is C14H16N4O2. The highest BCUT2D eigenvalue weighted by atomic mass is 16.5. The van der Waals surface area contributed by atoms with Gasteiger partial charge in [0, 0.05) is 25.6 Å². The van der Waals surface area contributed by atoms with E-state index in [9.17, 15) is 4.79 Å². The zero-order valence-electron chi connectivity index (χ0n) is 11.5. The minimum Gasteiger partial charge on any atom is -0.481 e. The number of pyridine rings is 1. The number of fused-ring (bicyclic) bond motifs is 1. The second-order valence-corrected chi connectivity index (χ2v) is 4.71. The van der Waals surface area contributed by atoms with Crippen LogP contribution < -0.4 is 15.6 Å². The zero-order valence-corrected chi connectivity index (χ0v) is 11.5. The quantitative estimate of drug-likeness (QED) is 0.866. The van der Waals surface area contributed by atoms with Gasteiger partial charge in [-0.2, -0.15) is 0 Å². The van der Waals surface area contributed by atoms with Gasteiger partial charge in [0.1, 0.15) is 5.82 Å². The van der Waals surface area contributed by atoms with Crippen molar-refractivity contribution in [3.05, 3.63) is 45.8 Å². The van der Waals surface area contributed by atoms with Crippen molar-refractivity contribution < 1.29 is 4.74 Å². The van der Waals surface area contributed by atoms with E-state index in [0.29, 0.717) is 23.9 Å². The summed E-state index contributed by atoms with van der Waals surface area (Å²) >= 11 is 0. The van der Waals surface area contributed by atoms with Crippen LogP contribution in [-0.4, -0.2) is 28.2 Å². The highest BCUT2D eigenvalue weighted by Crippen LogP contribution is 2.14. The largest absolute Gasteiger partial charge is 0.481 e. The van der Waals surface area contributed by atoms with Crippen LogP contribution in [0.15, 0.2) is 23.1 Å². The number of aromatic nitrogens is 3. The fourth-order valence-corrected chi connectivity index (χ4v) is 2.45. The molecule has 1 N–H and O–H groups in total. The predicted molar refractivity (Wildman–Crippen MR) is 74.3 cm³/mol. The average Bonchev–Trinajstić information content (AvgIpc) is 2.48. The molecule has 0 aromatic carbocycles. The number of methoxy groups -OCH3 is 1. The Bertz CT molecular complexity index is 692. The fraction of sp³-hybridized carbons (Fsp3) is 0.357. The maximum atomic E-state index is 12.6. The average molecular weight is 272 g/mol. The summed E-state index contributed by atoms with van der Waals surface area (Å²) in [5.74, 6) is 1.20. The summed E-state index contributed by atoms with van der Waals surface area (Å²) in [7, 11) is 1.56. The molecule has 104 valence electrons. The van der Waals surface area contributed by atoms with Crippen molar-refractivity contribution in [2.45, 2.75) is 19.9 Å². The van der Waals surface area contributed by atoms with Crippen LogP contribution >= 0.6 is 0 Å². The molecule has 0 saturated heterocycles. The van der Waals surface area contributed by atoms with E-state index in [1.165, 1.54) is 0 Å².